The number of fused-ring (bicyclic) bond motifs is 1. The van der Waals surface area contributed by atoms with Gasteiger partial charge in [0.1, 0.15) is 6.04 Å². The fourth-order valence-electron chi connectivity index (χ4n) is 2.12. The van der Waals surface area contributed by atoms with Crippen molar-refractivity contribution in [2.45, 2.75) is 26.3 Å². The molecule has 0 bridgehead atoms. The van der Waals surface area contributed by atoms with Crippen LogP contribution in [0.3, 0.4) is 0 Å². The van der Waals surface area contributed by atoms with Crippen molar-refractivity contribution in [1.82, 2.24) is 5.32 Å². The summed E-state index contributed by atoms with van der Waals surface area (Å²) in [4.78, 5) is 23.3. The summed E-state index contributed by atoms with van der Waals surface area (Å²) < 4.78 is 10.5. The van der Waals surface area contributed by atoms with Crippen molar-refractivity contribution < 1.29 is 19.1 Å². The minimum Gasteiger partial charge on any atom is -0.454 e. The summed E-state index contributed by atoms with van der Waals surface area (Å²) in [5.74, 6) is 0.436. The molecule has 3 N–H and O–H groups in total. The van der Waals surface area contributed by atoms with Gasteiger partial charge in [-0.15, -0.1) is 0 Å². The van der Waals surface area contributed by atoms with Crippen molar-refractivity contribution in [2.24, 2.45) is 11.7 Å². The zero-order valence-electron chi connectivity index (χ0n) is 12.7. The molecule has 22 heavy (non-hydrogen) atoms. The number of hydrogen-bond acceptors (Lipinski definition) is 4. The standard InChI is InChI=1S/C16H20N2O4/c1-3-10(2)15(16(17)20)18-14(19)7-5-11-4-6-12-13(8-11)22-9-21-12/h4-8,10,15H,3,9H2,1-2H3,(H2,17,20)(H,18,19). The van der Waals surface area contributed by atoms with Gasteiger partial charge in [0.05, 0.1) is 0 Å². The number of rotatable bonds is 6. The van der Waals surface area contributed by atoms with Crippen molar-refractivity contribution in [3.05, 3.63) is 29.8 Å². The summed E-state index contributed by atoms with van der Waals surface area (Å²) in [7, 11) is 0. The molecule has 6 heteroatoms. The third-order valence-electron chi connectivity index (χ3n) is 3.64. The zero-order chi connectivity index (χ0) is 16.1. The van der Waals surface area contributed by atoms with E-state index in [0.717, 1.165) is 12.0 Å². The van der Waals surface area contributed by atoms with Crippen molar-refractivity contribution in [3.8, 4) is 11.5 Å². The lowest BCUT2D eigenvalue weighted by molar-refractivity contribution is -0.126. The van der Waals surface area contributed by atoms with Gasteiger partial charge in [-0.3, -0.25) is 9.59 Å². The van der Waals surface area contributed by atoms with Gasteiger partial charge in [-0.05, 0) is 29.7 Å². The normalized spacial score (nSPS) is 15.5. The van der Waals surface area contributed by atoms with Crippen molar-refractivity contribution in [1.29, 1.82) is 0 Å². The molecule has 2 unspecified atom stereocenters. The fourth-order valence-corrected chi connectivity index (χ4v) is 2.12. The van der Waals surface area contributed by atoms with Crippen LogP contribution < -0.4 is 20.5 Å². The van der Waals surface area contributed by atoms with Crippen LogP contribution in [-0.2, 0) is 9.59 Å². The minimum absolute atomic E-state index is 0.0135. The lowest BCUT2D eigenvalue weighted by Crippen LogP contribution is -2.47. The van der Waals surface area contributed by atoms with Gasteiger partial charge < -0.3 is 20.5 Å². The van der Waals surface area contributed by atoms with Crippen LogP contribution in [0.1, 0.15) is 25.8 Å². The second kappa shape index (κ2) is 6.98. The number of carbonyl (C=O) groups excluding carboxylic acids is 2. The summed E-state index contributed by atoms with van der Waals surface area (Å²) >= 11 is 0. The monoisotopic (exact) mass is 304 g/mol. The third-order valence-corrected chi connectivity index (χ3v) is 3.64. The van der Waals surface area contributed by atoms with Crippen molar-refractivity contribution in [3.63, 3.8) is 0 Å². The first kappa shape index (κ1) is 15.9. The first-order valence-electron chi connectivity index (χ1n) is 7.18. The van der Waals surface area contributed by atoms with Crippen LogP contribution in [0.5, 0.6) is 11.5 Å². The van der Waals surface area contributed by atoms with Crippen LogP contribution in [0.25, 0.3) is 6.08 Å². The number of nitrogens with one attached hydrogen (secondary N) is 1. The Balaban J connectivity index is 2.00. The van der Waals surface area contributed by atoms with E-state index >= 15 is 0 Å². The molecule has 1 aromatic carbocycles. The van der Waals surface area contributed by atoms with E-state index in [1.807, 2.05) is 19.9 Å². The second-order valence-electron chi connectivity index (χ2n) is 5.22. The van der Waals surface area contributed by atoms with E-state index in [9.17, 15) is 9.59 Å². The Labute approximate surface area is 129 Å². The van der Waals surface area contributed by atoms with Gasteiger partial charge in [-0.1, -0.05) is 26.3 Å². The molecule has 0 aliphatic carbocycles. The van der Waals surface area contributed by atoms with Crippen molar-refractivity contribution in [2.75, 3.05) is 6.79 Å². The summed E-state index contributed by atoms with van der Waals surface area (Å²) in [6.07, 6.45) is 3.77. The van der Waals surface area contributed by atoms with Gasteiger partial charge in [0.25, 0.3) is 0 Å². The Morgan fingerprint density at radius 3 is 2.77 bits per heavy atom. The summed E-state index contributed by atoms with van der Waals surface area (Å²) in [6.45, 7) is 4.02. The molecule has 2 amide bonds. The fraction of sp³-hybridized carbons (Fsp3) is 0.375. The second-order valence-corrected chi connectivity index (χ2v) is 5.22. The molecule has 118 valence electrons. The highest BCUT2D eigenvalue weighted by Gasteiger charge is 2.22. The first-order chi connectivity index (χ1) is 10.5. The zero-order valence-corrected chi connectivity index (χ0v) is 12.7. The molecular weight excluding hydrogens is 284 g/mol. The van der Waals surface area contributed by atoms with E-state index in [4.69, 9.17) is 15.2 Å². The van der Waals surface area contributed by atoms with Gasteiger partial charge >= 0.3 is 0 Å². The lowest BCUT2D eigenvalue weighted by Gasteiger charge is -2.20. The Bertz CT molecular complexity index is 598. The predicted octanol–water partition coefficient (Wildman–Crippen LogP) is 1.44. The number of nitrogens with two attached hydrogens (primary N) is 1. The van der Waals surface area contributed by atoms with Crippen LogP contribution >= 0.6 is 0 Å². The first-order valence-corrected chi connectivity index (χ1v) is 7.18. The number of hydrogen-bond donors (Lipinski definition) is 2. The van der Waals surface area contributed by atoms with Crippen LogP contribution in [0.15, 0.2) is 24.3 Å². The SMILES string of the molecule is CCC(C)C(NC(=O)C=Cc1ccc2c(c1)OCO2)C(N)=O. The summed E-state index contributed by atoms with van der Waals surface area (Å²) in [5.41, 5.74) is 6.13. The van der Waals surface area contributed by atoms with Crippen LogP contribution in [0, 0.1) is 5.92 Å². The molecule has 1 heterocycles. The Morgan fingerprint density at radius 1 is 1.36 bits per heavy atom. The molecule has 0 spiro atoms. The quantitative estimate of drug-likeness (QED) is 0.778. The number of primary amides is 1. The van der Waals surface area contributed by atoms with E-state index in [2.05, 4.69) is 5.32 Å². The Morgan fingerprint density at radius 2 is 2.09 bits per heavy atom. The highest BCUT2D eigenvalue weighted by molar-refractivity contribution is 5.95. The number of benzene rings is 1. The summed E-state index contributed by atoms with van der Waals surface area (Å²) in [5, 5.41) is 2.63. The maximum absolute atomic E-state index is 11.9. The molecule has 1 aliphatic heterocycles. The molecule has 1 aromatic rings. The molecule has 0 saturated heterocycles. The maximum Gasteiger partial charge on any atom is 0.244 e. The van der Waals surface area contributed by atoms with E-state index in [1.165, 1.54) is 6.08 Å². The average molecular weight is 304 g/mol. The Hall–Kier alpha value is -2.50. The average Bonchev–Trinajstić information content (AvgIpc) is 2.97. The van der Waals surface area contributed by atoms with Gasteiger partial charge in [0, 0.05) is 6.08 Å². The van der Waals surface area contributed by atoms with Gasteiger partial charge in [0.15, 0.2) is 11.5 Å². The largest absolute Gasteiger partial charge is 0.454 e. The Kier molecular flexibility index (Phi) is 5.04. The highest BCUT2D eigenvalue weighted by atomic mass is 16.7. The van der Waals surface area contributed by atoms with E-state index in [0.29, 0.717) is 11.5 Å². The van der Waals surface area contributed by atoms with E-state index in [-0.39, 0.29) is 18.6 Å². The number of amides is 2. The smallest absolute Gasteiger partial charge is 0.244 e. The van der Waals surface area contributed by atoms with E-state index < -0.39 is 11.9 Å². The molecule has 2 rings (SSSR count). The highest BCUT2D eigenvalue weighted by Crippen LogP contribution is 2.32. The maximum atomic E-state index is 11.9. The molecule has 0 fully saturated rings. The summed E-state index contributed by atoms with van der Waals surface area (Å²) in [6, 6.07) is 4.72. The molecule has 0 aromatic heterocycles. The van der Waals surface area contributed by atoms with Crippen molar-refractivity contribution >= 4 is 17.9 Å². The van der Waals surface area contributed by atoms with Gasteiger partial charge in [0.2, 0.25) is 18.6 Å². The van der Waals surface area contributed by atoms with Crippen LogP contribution in [0.4, 0.5) is 0 Å². The number of carbonyl (C=O) groups is 2. The molecule has 2 atom stereocenters. The van der Waals surface area contributed by atoms with Crippen LogP contribution in [-0.4, -0.2) is 24.6 Å². The molecule has 6 nitrogen and oxygen atoms in total. The molecule has 0 radical (unpaired) electrons. The van der Waals surface area contributed by atoms with Gasteiger partial charge in [-0.2, -0.15) is 0 Å². The minimum atomic E-state index is -0.668. The molecule has 1 aliphatic rings. The van der Waals surface area contributed by atoms with Gasteiger partial charge in [-0.25, -0.2) is 0 Å². The lowest BCUT2D eigenvalue weighted by atomic mass is 9.98. The van der Waals surface area contributed by atoms with Crippen LogP contribution in [0.2, 0.25) is 0 Å². The molecular formula is C16H20N2O4. The van der Waals surface area contributed by atoms with E-state index in [1.54, 1.807) is 18.2 Å². The topological polar surface area (TPSA) is 90.7 Å². The third kappa shape index (κ3) is 3.78. The number of ether oxygens (including phenoxy) is 2. The molecule has 0 saturated carbocycles. The predicted molar refractivity (Wildman–Crippen MR) is 82.2 cm³/mol.